The Labute approximate surface area is 144 Å². The van der Waals surface area contributed by atoms with E-state index in [1.165, 1.54) is 32.8 Å². The highest BCUT2D eigenvalue weighted by atomic mass is 16.4. The predicted molar refractivity (Wildman–Crippen MR) is 87.9 cm³/mol. The number of aromatic nitrogens is 3. The molecule has 2 amide bonds. The van der Waals surface area contributed by atoms with Crippen molar-refractivity contribution in [2.75, 3.05) is 21.1 Å². The van der Waals surface area contributed by atoms with Gasteiger partial charge in [-0.2, -0.15) is 0 Å². The number of hydrogen-bond acceptors (Lipinski definition) is 5. The minimum atomic E-state index is -1.00. The summed E-state index contributed by atoms with van der Waals surface area (Å²) >= 11 is 0. The van der Waals surface area contributed by atoms with E-state index < -0.39 is 5.97 Å². The Morgan fingerprint density at radius 3 is 2.32 bits per heavy atom. The fourth-order valence-corrected chi connectivity index (χ4v) is 2.05. The van der Waals surface area contributed by atoms with Crippen LogP contribution in [0.1, 0.15) is 26.4 Å². The summed E-state index contributed by atoms with van der Waals surface area (Å²) in [5, 5.41) is 16.5. The van der Waals surface area contributed by atoms with E-state index in [1.807, 2.05) is 0 Å². The average molecular weight is 345 g/mol. The van der Waals surface area contributed by atoms with Gasteiger partial charge in [0.05, 0.1) is 11.8 Å². The molecule has 0 atom stereocenters. The molecule has 0 radical (unpaired) electrons. The lowest BCUT2D eigenvalue weighted by molar-refractivity contribution is -0.129. The SMILES string of the molecule is CN(C)C(=O)Cn1cc(C(=O)N(C)Cc2ccc(C(=O)O)cc2)nn1. The average Bonchev–Trinajstić information content (AvgIpc) is 3.02. The van der Waals surface area contributed by atoms with Gasteiger partial charge in [-0.15, -0.1) is 5.10 Å². The topological polar surface area (TPSA) is 109 Å². The van der Waals surface area contributed by atoms with Gasteiger partial charge >= 0.3 is 5.97 Å². The molecule has 0 aliphatic heterocycles. The molecule has 0 unspecified atom stereocenters. The van der Waals surface area contributed by atoms with E-state index in [9.17, 15) is 14.4 Å². The molecule has 1 heterocycles. The maximum absolute atomic E-state index is 12.4. The van der Waals surface area contributed by atoms with Gasteiger partial charge in [-0.25, -0.2) is 9.48 Å². The van der Waals surface area contributed by atoms with E-state index in [2.05, 4.69) is 10.3 Å². The second kappa shape index (κ2) is 7.56. The second-order valence-corrected chi connectivity index (χ2v) is 5.75. The molecule has 0 aliphatic rings. The van der Waals surface area contributed by atoms with E-state index in [0.717, 1.165) is 5.56 Å². The molecule has 0 aliphatic carbocycles. The van der Waals surface area contributed by atoms with Crippen LogP contribution < -0.4 is 0 Å². The number of rotatable bonds is 6. The Bertz CT molecular complexity index is 782. The molecule has 0 spiro atoms. The monoisotopic (exact) mass is 345 g/mol. The quantitative estimate of drug-likeness (QED) is 0.808. The molecule has 25 heavy (non-hydrogen) atoms. The number of aromatic carboxylic acids is 1. The Hall–Kier alpha value is -3.23. The van der Waals surface area contributed by atoms with Gasteiger partial charge in [0.2, 0.25) is 5.91 Å². The summed E-state index contributed by atoms with van der Waals surface area (Å²) in [6, 6.07) is 6.28. The number of likely N-dealkylation sites (N-methyl/N-ethyl adjacent to an activating group) is 1. The van der Waals surface area contributed by atoms with Crippen LogP contribution in [0.3, 0.4) is 0 Å². The standard InChI is InChI=1S/C16H19N5O4/c1-19(2)14(22)10-21-9-13(17-18-21)15(23)20(3)8-11-4-6-12(7-5-11)16(24)25/h4-7,9H,8,10H2,1-3H3,(H,24,25). The normalized spacial score (nSPS) is 10.4. The molecule has 0 saturated heterocycles. The molecule has 1 aromatic carbocycles. The zero-order valence-electron chi connectivity index (χ0n) is 14.2. The summed E-state index contributed by atoms with van der Waals surface area (Å²) in [7, 11) is 4.88. The van der Waals surface area contributed by atoms with Gasteiger partial charge in [0, 0.05) is 27.7 Å². The van der Waals surface area contributed by atoms with Crippen LogP contribution in [-0.4, -0.2) is 68.8 Å². The van der Waals surface area contributed by atoms with Crippen molar-refractivity contribution in [1.29, 1.82) is 0 Å². The van der Waals surface area contributed by atoms with Crippen molar-refractivity contribution in [2.24, 2.45) is 0 Å². The molecule has 0 saturated carbocycles. The first-order valence-corrected chi connectivity index (χ1v) is 7.46. The number of carboxylic acids is 1. The highest BCUT2D eigenvalue weighted by molar-refractivity contribution is 5.91. The molecule has 0 bridgehead atoms. The van der Waals surface area contributed by atoms with Crippen molar-refractivity contribution in [2.45, 2.75) is 13.1 Å². The molecule has 2 aromatic rings. The molecule has 132 valence electrons. The summed E-state index contributed by atoms with van der Waals surface area (Å²) in [5.74, 6) is -1.50. The minimum Gasteiger partial charge on any atom is -0.478 e. The molecular weight excluding hydrogens is 326 g/mol. The van der Waals surface area contributed by atoms with E-state index in [4.69, 9.17) is 5.11 Å². The molecule has 2 rings (SSSR count). The van der Waals surface area contributed by atoms with Crippen molar-refractivity contribution in [3.05, 3.63) is 47.3 Å². The van der Waals surface area contributed by atoms with Gasteiger partial charge in [0.25, 0.3) is 5.91 Å². The van der Waals surface area contributed by atoms with Crippen molar-refractivity contribution >= 4 is 17.8 Å². The Morgan fingerprint density at radius 1 is 1.12 bits per heavy atom. The smallest absolute Gasteiger partial charge is 0.335 e. The van der Waals surface area contributed by atoms with Crippen LogP contribution in [0.5, 0.6) is 0 Å². The molecular formula is C16H19N5O4. The van der Waals surface area contributed by atoms with Gasteiger partial charge in [0.15, 0.2) is 5.69 Å². The van der Waals surface area contributed by atoms with Gasteiger partial charge in [-0.1, -0.05) is 17.3 Å². The lowest BCUT2D eigenvalue weighted by Crippen LogP contribution is -2.27. The van der Waals surface area contributed by atoms with E-state index in [-0.39, 0.29) is 29.6 Å². The van der Waals surface area contributed by atoms with Crippen LogP contribution >= 0.6 is 0 Å². The van der Waals surface area contributed by atoms with Crippen LogP contribution in [0.2, 0.25) is 0 Å². The predicted octanol–water partition coefficient (Wildman–Crippen LogP) is 0.337. The number of benzene rings is 1. The third kappa shape index (κ3) is 4.63. The number of carbonyl (C=O) groups excluding carboxylic acids is 2. The highest BCUT2D eigenvalue weighted by Gasteiger charge is 2.17. The summed E-state index contributed by atoms with van der Waals surface area (Å²) in [4.78, 5) is 37.7. The lowest BCUT2D eigenvalue weighted by atomic mass is 10.1. The third-order valence-electron chi connectivity index (χ3n) is 3.52. The van der Waals surface area contributed by atoms with Gasteiger partial charge in [0.1, 0.15) is 6.54 Å². The molecule has 1 N–H and O–H groups in total. The first-order chi connectivity index (χ1) is 11.8. The van der Waals surface area contributed by atoms with Crippen molar-refractivity contribution < 1.29 is 19.5 Å². The Morgan fingerprint density at radius 2 is 1.76 bits per heavy atom. The van der Waals surface area contributed by atoms with Crippen LogP contribution in [0.25, 0.3) is 0 Å². The van der Waals surface area contributed by atoms with Crippen LogP contribution in [0.15, 0.2) is 30.5 Å². The summed E-state index contributed by atoms with van der Waals surface area (Å²) in [6.45, 7) is 0.301. The largest absolute Gasteiger partial charge is 0.478 e. The molecule has 9 heteroatoms. The number of carbonyl (C=O) groups is 3. The summed E-state index contributed by atoms with van der Waals surface area (Å²) in [6.07, 6.45) is 1.42. The van der Waals surface area contributed by atoms with E-state index in [1.54, 1.807) is 33.3 Å². The third-order valence-corrected chi connectivity index (χ3v) is 3.52. The number of amides is 2. The maximum Gasteiger partial charge on any atom is 0.335 e. The summed E-state index contributed by atoms with van der Waals surface area (Å²) in [5.41, 5.74) is 1.11. The van der Waals surface area contributed by atoms with Crippen LogP contribution in [0.4, 0.5) is 0 Å². The zero-order valence-corrected chi connectivity index (χ0v) is 14.2. The van der Waals surface area contributed by atoms with Crippen LogP contribution in [-0.2, 0) is 17.9 Å². The van der Waals surface area contributed by atoms with Crippen molar-refractivity contribution in [1.82, 2.24) is 24.8 Å². The lowest BCUT2D eigenvalue weighted by Gasteiger charge is -2.15. The minimum absolute atomic E-state index is 0.00758. The fraction of sp³-hybridized carbons (Fsp3) is 0.312. The fourth-order valence-electron chi connectivity index (χ4n) is 2.05. The molecule has 1 aromatic heterocycles. The highest BCUT2D eigenvalue weighted by Crippen LogP contribution is 2.09. The van der Waals surface area contributed by atoms with Crippen molar-refractivity contribution in [3.8, 4) is 0 Å². The first-order valence-electron chi connectivity index (χ1n) is 7.46. The number of nitrogens with zero attached hydrogens (tertiary/aromatic N) is 5. The maximum atomic E-state index is 12.4. The second-order valence-electron chi connectivity index (χ2n) is 5.75. The molecule has 0 fully saturated rings. The number of carboxylic acid groups (broad SMARTS) is 1. The summed E-state index contributed by atoms with van der Waals surface area (Å²) < 4.78 is 1.31. The zero-order chi connectivity index (χ0) is 18.6. The van der Waals surface area contributed by atoms with E-state index in [0.29, 0.717) is 6.54 Å². The van der Waals surface area contributed by atoms with Gasteiger partial charge in [-0.3, -0.25) is 9.59 Å². The van der Waals surface area contributed by atoms with Crippen molar-refractivity contribution in [3.63, 3.8) is 0 Å². The van der Waals surface area contributed by atoms with Gasteiger partial charge in [-0.05, 0) is 17.7 Å². The Balaban J connectivity index is 2.01. The first kappa shape index (κ1) is 18.1. The van der Waals surface area contributed by atoms with E-state index >= 15 is 0 Å². The Kier molecular flexibility index (Phi) is 5.48. The van der Waals surface area contributed by atoms with Gasteiger partial charge < -0.3 is 14.9 Å². The number of hydrogen-bond donors (Lipinski definition) is 1. The molecule has 9 nitrogen and oxygen atoms in total. The van der Waals surface area contributed by atoms with Crippen LogP contribution in [0, 0.1) is 0 Å².